The Morgan fingerprint density at radius 2 is 1.76 bits per heavy atom. The van der Waals surface area contributed by atoms with Crippen molar-refractivity contribution in [3.8, 4) is 0 Å². The number of hydrogen-bond acceptors (Lipinski definition) is 3. The third-order valence-corrected chi connectivity index (χ3v) is 8.39. The number of rotatable bonds is 6. The van der Waals surface area contributed by atoms with Gasteiger partial charge in [-0.1, -0.05) is 33.6 Å². The molecule has 4 heteroatoms. The lowest BCUT2D eigenvalue weighted by molar-refractivity contribution is 0.240. The van der Waals surface area contributed by atoms with Gasteiger partial charge in [0.05, 0.1) is 10.5 Å². The summed E-state index contributed by atoms with van der Waals surface area (Å²) in [6.45, 7) is 7.56. The molecule has 0 spiro atoms. The minimum absolute atomic E-state index is 0.0562. The Kier molecular flexibility index (Phi) is 6.13. The second-order valence-corrected chi connectivity index (χ2v) is 9.86. The molecule has 2 aliphatic rings. The zero-order valence-electron chi connectivity index (χ0n) is 14.0. The highest BCUT2D eigenvalue weighted by Gasteiger charge is 2.43. The summed E-state index contributed by atoms with van der Waals surface area (Å²) in [5.74, 6) is 1.17. The lowest BCUT2D eigenvalue weighted by Crippen LogP contribution is -2.51. The highest BCUT2D eigenvalue weighted by Crippen LogP contribution is 2.37. The van der Waals surface area contributed by atoms with Crippen LogP contribution in [0.5, 0.6) is 0 Å². The Labute approximate surface area is 131 Å². The highest BCUT2D eigenvalue weighted by atomic mass is 32.2. The first kappa shape index (κ1) is 17.3. The molecule has 0 amide bonds. The standard InChI is InChI=1S/C17H33NO2S/c1-4-11-18-16-10-9-14(13(2)3)12-17(16)21(19,20)15-7-5-6-8-15/h13-18H,4-12H2,1-3H3. The van der Waals surface area contributed by atoms with E-state index in [2.05, 4.69) is 26.1 Å². The van der Waals surface area contributed by atoms with Crippen molar-refractivity contribution >= 4 is 9.84 Å². The molecule has 3 nitrogen and oxygen atoms in total. The van der Waals surface area contributed by atoms with Crippen molar-refractivity contribution in [2.45, 2.75) is 88.7 Å². The molecular weight excluding hydrogens is 282 g/mol. The van der Waals surface area contributed by atoms with Gasteiger partial charge in [0.2, 0.25) is 0 Å². The van der Waals surface area contributed by atoms with Crippen molar-refractivity contribution in [2.24, 2.45) is 11.8 Å². The Morgan fingerprint density at radius 3 is 2.33 bits per heavy atom. The maximum absolute atomic E-state index is 13.1. The van der Waals surface area contributed by atoms with Gasteiger partial charge in [-0.05, 0) is 56.9 Å². The largest absolute Gasteiger partial charge is 0.313 e. The fraction of sp³-hybridized carbons (Fsp3) is 1.00. The summed E-state index contributed by atoms with van der Waals surface area (Å²) in [6, 6.07) is 0.186. The average molecular weight is 316 g/mol. The molecular formula is C17H33NO2S. The summed E-state index contributed by atoms with van der Waals surface area (Å²) in [5.41, 5.74) is 0. The lowest BCUT2D eigenvalue weighted by Gasteiger charge is -2.39. The normalized spacial score (nSPS) is 31.9. The molecule has 3 unspecified atom stereocenters. The van der Waals surface area contributed by atoms with Crippen molar-refractivity contribution in [1.82, 2.24) is 5.32 Å². The van der Waals surface area contributed by atoms with Gasteiger partial charge in [0.25, 0.3) is 0 Å². The van der Waals surface area contributed by atoms with Crippen LogP contribution in [0.15, 0.2) is 0 Å². The van der Waals surface area contributed by atoms with Gasteiger partial charge in [0.15, 0.2) is 9.84 Å². The van der Waals surface area contributed by atoms with Crippen LogP contribution in [0.2, 0.25) is 0 Å². The van der Waals surface area contributed by atoms with Crippen LogP contribution < -0.4 is 5.32 Å². The SMILES string of the molecule is CCCNC1CCC(C(C)C)CC1S(=O)(=O)C1CCCC1. The molecule has 0 heterocycles. The maximum atomic E-state index is 13.1. The van der Waals surface area contributed by atoms with Crippen molar-refractivity contribution in [3.05, 3.63) is 0 Å². The summed E-state index contributed by atoms with van der Waals surface area (Å²) in [4.78, 5) is 0. The third-order valence-electron chi connectivity index (χ3n) is 5.62. The van der Waals surface area contributed by atoms with Crippen LogP contribution in [0.1, 0.15) is 72.1 Å². The van der Waals surface area contributed by atoms with Gasteiger partial charge in [0, 0.05) is 6.04 Å². The van der Waals surface area contributed by atoms with Gasteiger partial charge in [0.1, 0.15) is 0 Å². The second kappa shape index (κ2) is 7.45. The minimum Gasteiger partial charge on any atom is -0.313 e. The van der Waals surface area contributed by atoms with E-state index in [4.69, 9.17) is 0 Å². The Bertz CT molecular complexity index is 413. The van der Waals surface area contributed by atoms with Gasteiger partial charge >= 0.3 is 0 Å². The molecule has 0 aromatic heterocycles. The van der Waals surface area contributed by atoms with E-state index in [1.165, 1.54) is 6.42 Å². The molecule has 0 saturated heterocycles. The van der Waals surface area contributed by atoms with E-state index in [-0.39, 0.29) is 16.5 Å². The monoisotopic (exact) mass is 315 g/mol. The molecule has 1 N–H and O–H groups in total. The number of nitrogens with one attached hydrogen (secondary N) is 1. The zero-order chi connectivity index (χ0) is 15.5. The van der Waals surface area contributed by atoms with Crippen LogP contribution >= 0.6 is 0 Å². The van der Waals surface area contributed by atoms with Crippen LogP contribution in [-0.2, 0) is 9.84 Å². The van der Waals surface area contributed by atoms with Crippen LogP contribution in [0.25, 0.3) is 0 Å². The minimum atomic E-state index is -2.97. The lowest BCUT2D eigenvalue weighted by atomic mass is 9.79. The molecule has 2 saturated carbocycles. The fourth-order valence-electron chi connectivity index (χ4n) is 4.16. The quantitative estimate of drug-likeness (QED) is 0.815. The molecule has 0 aromatic rings. The highest BCUT2D eigenvalue weighted by molar-refractivity contribution is 7.92. The Morgan fingerprint density at radius 1 is 1.10 bits per heavy atom. The van der Waals surface area contributed by atoms with Gasteiger partial charge in [-0.3, -0.25) is 0 Å². The summed E-state index contributed by atoms with van der Waals surface area (Å²) >= 11 is 0. The fourth-order valence-corrected chi connectivity index (χ4v) is 6.85. The van der Waals surface area contributed by atoms with E-state index in [0.717, 1.165) is 51.5 Å². The van der Waals surface area contributed by atoms with Crippen LogP contribution in [0.4, 0.5) is 0 Å². The first-order valence-electron chi connectivity index (χ1n) is 8.92. The Hall–Kier alpha value is -0.0900. The molecule has 2 aliphatic carbocycles. The molecule has 21 heavy (non-hydrogen) atoms. The van der Waals surface area contributed by atoms with E-state index in [0.29, 0.717) is 11.8 Å². The van der Waals surface area contributed by atoms with Gasteiger partial charge in [-0.15, -0.1) is 0 Å². The summed E-state index contributed by atoms with van der Waals surface area (Å²) in [5, 5.41) is 3.33. The summed E-state index contributed by atoms with van der Waals surface area (Å²) < 4.78 is 26.2. The molecule has 124 valence electrons. The predicted octanol–water partition coefficient (Wildman–Crippen LogP) is 3.54. The first-order valence-corrected chi connectivity index (χ1v) is 10.5. The molecule has 2 rings (SSSR count). The third kappa shape index (κ3) is 4.01. The molecule has 2 fully saturated rings. The molecule has 0 radical (unpaired) electrons. The van der Waals surface area contributed by atoms with Crippen LogP contribution in [-0.4, -0.2) is 31.5 Å². The van der Waals surface area contributed by atoms with Crippen molar-refractivity contribution in [2.75, 3.05) is 6.54 Å². The molecule has 3 atom stereocenters. The maximum Gasteiger partial charge on any atom is 0.157 e. The van der Waals surface area contributed by atoms with Gasteiger partial charge in [-0.2, -0.15) is 0 Å². The van der Waals surface area contributed by atoms with Crippen LogP contribution in [0.3, 0.4) is 0 Å². The zero-order valence-corrected chi connectivity index (χ0v) is 14.8. The van der Waals surface area contributed by atoms with E-state index < -0.39 is 9.84 Å². The van der Waals surface area contributed by atoms with Gasteiger partial charge in [-0.25, -0.2) is 8.42 Å². The molecule has 0 aliphatic heterocycles. The van der Waals surface area contributed by atoms with E-state index >= 15 is 0 Å². The Balaban J connectivity index is 2.15. The first-order chi connectivity index (χ1) is 9.96. The smallest absolute Gasteiger partial charge is 0.157 e. The van der Waals surface area contributed by atoms with Crippen molar-refractivity contribution in [3.63, 3.8) is 0 Å². The number of hydrogen-bond donors (Lipinski definition) is 1. The summed E-state index contributed by atoms with van der Waals surface area (Å²) in [6.07, 6.45) is 8.12. The second-order valence-electron chi connectivity index (χ2n) is 7.41. The van der Waals surface area contributed by atoms with E-state index in [1.54, 1.807) is 0 Å². The average Bonchev–Trinajstić information content (AvgIpc) is 2.99. The van der Waals surface area contributed by atoms with Crippen molar-refractivity contribution in [1.29, 1.82) is 0 Å². The van der Waals surface area contributed by atoms with E-state index in [1.807, 2.05) is 0 Å². The number of sulfone groups is 1. The predicted molar refractivity (Wildman–Crippen MR) is 89.2 cm³/mol. The molecule has 0 aromatic carbocycles. The van der Waals surface area contributed by atoms with E-state index in [9.17, 15) is 8.42 Å². The molecule has 0 bridgehead atoms. The van der Waals surface area contributed by atoms with Crippen molar-refractivity contribution < 1.29 is 8.42 Å². The summed E-state index contributed by atoms with van der Waals surface area (Å²) in [7, 11) is -2.97. The van der Waals surface area contributed by atoms with Crippen LogP contribution in [0, 0.1) is 11.8 Å². The topological polar surface area (TPSA) is 46.2 Å². The van der Waals surface area contributed by atoms with Gasteiger partial charge < -0.3 is 5.32 Å².